The van der Waals surface area contributed by atoms with E-state index in [9.17, 15) is 12.8 Å². The summed E-state index contributed by atoms with van der Waals surface area (Å²) < 4.78 is 43.9. The molecule has 2 aliphatic heterocycles. The summed E-state index contributed by atoms with van der Waals surface area (Å²) in [6, 6.07) is 6.60. The fourth-order valence-electron chi connectivity index (χ4n) is 3.54. The van der Waals surface area contributed by atoms with Crippen molar-refractivity contribution in [3.63, 3.8) is 0 Å². The number of ether oxygens (including phenoxy) is 1. The fraction of sp³-hybridized carbons (Fsp3) is 0.625. The van der Waals surface area contributed by atoms with E-state index < -0.39 is 10.0 Å². The molecule has 0 aromatic heterocycles. The molecule has 128 valence electrons. The molecule has 7 heteroatoms. The zero-order valence-electron chi connectivity index (χ0n) is 13.2. The highest BCUT2D eigenvalue weighted by Gasteiger charge is 2.40. The first-order valence-corrected chi connectivity index (χ1v) is 9.83. The molecule has 1 aromatic rings. The minimum absolute atomic E-state index is 0.0641. The lowest BCUT2D eigenvalue weighted by atomic mass is 9.84. The van der Waals surface area contributed by atoms with Crippen LogP contribution in [0.5, 0.6) is 0 Å². The van der Waals surface area contributed by atoms with Gasteiger partial charge >= 0.3 is 0 Å². The first-order valence-electron chi connectivity index (χ1n) is 7.94. The molecule has 0 saturated carbocycles. The van der Waals surface area contributed by atoms with Crippen LogP contribution in [0, 0.1) is 17.7 Å². The van der Waals surface area contributed by atoms with E-state index in [-0.39, 0.29) is 11.9 Å². The lowest BCUT2D eigenvalue weighted by molar-refractivity contribution is 0.0776. The first kappa shape index (κ1) is 16.8. The van der Waals surface area contributed by atoms with Crippen molar-refractivity contribution in [2.24, 2.45) is 11.8 Å². The highest BCUT2D eigenvalue weighted by atomic mass is 32.2. The summed E-state index contributed by atoms with van der Waals surface area (Å²) in [6.45, 7) is 3.72. The van der Waals surface area contributed by atoms with Gasteiger partial charge in [-0.25, -0.2) is 17.5 Å². The monoisotopic (exact) mass is 342 g/mol. The topological polar surface area (TPSA) is 58.6 Å². The zero-order chi connectivity index (χ0) is 16.4. The van der Waals surface area contributed by atoms with Crippen LogP contribution in [0.25, 0.3) is 0 Å². The van der Waals surface area contributed by atoms with Gasteiger partial charge in [-0.1, -0.05) is 12.1 Å². The van der Waals surface area contributed by atoms with Crippen molar-refractivity contribution < 1.29 is 17.5 Å². The fourth-order valence-corrected chi connectivity index (χ4v) is 4.00. The van der Waals surface area contributed by atoms with E-state index in [1.54, 1.807) is 0 Å². The van der Waals surface area contributed by atoms with Gasteiger partial charge in [0.15, 0.2) is 0 Å². The molecule has 2 saturated heterocycles. The van der Waals surface area contributed by atoms with Gasteiger partial charge in [0.1, 0.15) is 5.82 Å². The Kier molecular flexibility index (Phi) is 5.01. The number of piperidine rings is 1. The van der Waals surface area contributed by atoms with E-state index in [0.29, 0.717) is 25.0 Å². The van der Waals surface area contributed by atoms with E-state index in [0.717, 1.165) is 31.6 Å². The molecule has 0 aliphatic carbocycles. The van der Waals surface area contributed by atoms with Crippen molar-refractivity contribution in [2.75, 3.05) is 32.5 Å². The number of rotatable bonds is 5. The van der Waals surface area contributed by atoms with Crippen LogP contribution in [-0.2, 0) is 21.3 Å². The second kappa shape index (κ2) is 6.84. The zero-order valence-corrected chi connectivity index (χ0v) is 14.1. The minimum Gasteiger partial charge on any atom is -0.376 e. The standard InChI is InChI=1S/C16H23FN2O3S/c1-23(20,21)18-8-16-15-10-19(7-6-13(15)11-22-16)9-12-2-4-14(17)5-3-12/h2-5,13,15-16,18H,6-11H2,1H3/t13-,15-,16+/m0/s1. The van der Waals surface area contributed by atoms with Crippen LogP contribution >= 0.6 is 0 Å². The van der Waals surface area contributed by atoms with Crippen molar-refractivity contribution >= 4 is 10.0 Å². The molecule has 0 amide bonds. The molecular weight excluding hydrogens is 319 g/mol. The van der Waals surface area contributed by atoms with Gasteiger partial charge in [-0.3, -0.25) is 4.90 Å². The maximum absolute atomic E-state index is 13.0. The molecule has 3 atom stereocenters. The maximum Gasteiger partial charge on any atom is 0.208 e. The number of nitrogens with one attached hydrogen (secondary N) is 1. The van der Waals surface area contributed by atoms with Crippen LogP contribution in [-0.4, -0.2) is 51.9 Å². The van der Waals surface area contributed by atoms with Gasteiger partial charge in [0.2, 0.25) is 10.0 Å². The van der Waals surface area contributed by atoms with Crippen molar-refractivity contribution in [2.45, 2.75) is 19.1 Å². The van der Waals surface area contributed by atoms with Gasteiger partial charge in [0.05, 0.1) is 19.0 Å². The highest BCUT2D eigenvalue weighted by molar-refractivity contribution is 7.88. The Bertz CT molecular complexity index is 635. The lowest BCUT2D eigenvalue weighted by Gasteiger charge is -2.36. The largest absolute Gasteiger partial charge is 0.376 e. The third kappa shape index (κ3) is 4.50. The average Bonchev–Trinajstić information content (AvgIpc) is 2.89. The minimum atomic E-state index is -3.19. The van der Waals surface area contributed by atoms with Crippen molar-refractivity contribution in [3.8, 4) is 0 Å². The molecule has 3 rings (SSSR count). The Balaban J connectivity index is 1.59. The predicted molar refractivity (Wildman–Crippen MR) is 85.9 cm³/mol. The van der Waals surface area contributed by atoms with E-state index in [2.05, 4.69) is 9.62 Å². The summed E-state index contributed by atoms with van der Waals surface area (Å²) in [4.78, 5) is 2.34. The number of halogens is 1. The lowest BCUT2D eigenvalue weighted by Crippen LogP contribution is -2.44. The molecule has 0 radical (unpaired) electrons. The molecule has 0 spiro atoms. The number of fused-ring (bicyclic) bond motifs is 1. The molecule has 1 N–H and O–H groups in total. The van der Waals surface area contributed by atoms with E-state index >= 15 is 0 Å². The molecule has 0 unspecified atom stereocenters. The summed E-state index contributed by atoms with van der Waals surface area (Å²) in [7, 11) is -3.19. The number of hydrogen-bond acceptors (Lipinski definition) is 4. The molecule has 23 heavy (non-hydrogen) atoms. The predicted octanol–water partition coefficient (Wildman–Crippen LogP) is 1.21. The van der Waals surface area contributed by atoms with Gasteiger partial charge < -0.3 is 4.74 Å². The Labute approximate surface area is 136 Å². The molecule has 2 fully saturated rings. The van der Waals surface area contributed by atoms with E-state index in [4.69, 9.17) is 4.74 Å². The van der Waals surface area contributed by atoms with Crippen LogP contribution < -0.4 is 4.72 Å². The van der Waals surface area contributed by atoms with Crippen LogP contribution in [0.2, 0.25) is 0 Å². The van der Waals surface area contributed by atoms with Crippen molar-refractivity contribution in [1.82, 2.24) is 9.62 Å². The van der Waals surface area contributed by atoms with Crippen LogP contribution in [0.15, 0.2) is 24.3 Å². The van der Waals surface area contributed by atoms with Crippen LogP contribution in [0.1, 0.15) is 12.0 Å². The average molecular weight is 342 g/mol. The van der Waals surface area contributed by atoms with Crippen LogP contribution in [0.3, 0.4) is 0 Å². The number of benzene rings is 1. The second-order valence-corrected chi connectivity index (χ2v) is 8.40. The Hall–Kier alpha value is -1.02. The van der Waals surface area contributed by atoms with Crippen molar-refractivity contribution in [1.29, 1.82) is 0 Å². The van der Waals surface area contributed by atoms with E-state index in [1.807, 2.05) is 12.1 Å². The number of hydrogen-bond donors (Lipinski definition) is 1. The number of likely N-dealkylation sites (tertiary alicyclic amines) is 1. The Morgan fingerprint density at radius 1 is 1.35 bits per heavy atom. The third-order valence-electron chi connectivity index (χ3n) is 4.76. The molecule has 2 heterocycles. The Morgan fingerprint density at radius 3 is 2.78 bits per heavy atom. The van der Waals surface area contributed by atoms with Gasteiger partial charge in [-0.05, 0) is 36.6 Å². The summed E-state index contributed by atoms with van der Waals surface area (Å²) >= 11 is 0. The molecule has 0 bridgehead atoms. The number of nitrogens with zero attached hydrogens (tertiary/aromatic N) is 1. The molecule has 2 aliphatic rings. The van der Waals surface area contributed by atoms with E-state index in [1.165, 1.54) is 18.4 Å². The first-order chi connectivity index (χ1) is 10.9. The summed E-state index contributed by atoms with van der Waals surface area (Å²) in [5.74, 6) is 0.632. The maximum atomic E-state index is 13.0. The Morgan fingerprint density at radius 2 is 2.09 bits per heavy atom. The molecule has 5 nitrogen and oxygen atoms in total. The SMILES string of the molecule is CS(=O)(=O)NC[C@H]1OC[C@@H]2CCN(Cc3ccc(F)cc3)C[C@@H]21. The van der Waals surface area contributed by atoms with Gasteiger partial charge in [-0.15, -0.1) is 0 Å². The second-order valence-electron chi connectivity index (χ2n) is 6.57. The summed E-state index contributed by atoms with van der Waals surface area (Å²) in [5.41, 5.74) is 1.09. The van der Waals surface area contributed by atoms with Gasteiger partial charge in [-0.2, -0.15) is 0 Å². The normalized spacial score (nSPS) is 28.7. The van der Waals surface area contributed by atoms with Gasteiger partial charge in [0.25, 0.3) is 0 Å². The quantitative estimate of drug-likeness (QED) is 0.874. The molecule has 1 aromatic carbocycles. The summed E-state index contributed by atoms with van der Waals surface area (Å²) in [6.07, 6.45) is 2.16. The third-order valence-corrected chi connectivity index (χ3v) is 5.45. The van der Waals surface area contributed by atoms with Crippen molar-refractivity contribution in [3.05, 3.63) is 35.6 Å². The highest BCUT2D eigenvalue weighted by Crippen LogP contribution is 2.34. The van der Waals surface area contributed by atoms with Crippen LogP contribution in [0.4, 0.5) is 4.39 Å². The van der Waals surface area contributed by atoms with Gasteiger partial charge in [0, 0.05) is 25.6 Å². The molecular formula is C16H23FN2O3S. The number of sulfonamides is 1. The summed E-state index contributed by atoms with van der Waals surface area (Å²) in [5, 5.41) is 0. The smallest absolute Gasteiger partial charge is 0.208 e.